The van der Waals surface area contributed by atoms with Gasteiger partial charge in [0.25, 0.3) is 0 Å². The van der Waals surface area contributed by atoms with Gasteiger partial charge in [-0.2, -0.15) is 0 Å². The van der Waals surface area contributed by atoms with E-state index in [1.165, 1.54) is 25.9 Å². The van der Waals surface area contributed by atoms with Crippen LogP contribution in [-0.4, -0.2) is 51.2 Å². The summed E-state index contributed by atoms with van der Waals surface area (Å²) in [6, 6.07) is 5.58. The Balaban J connectivity index is 0.00000288. The number of halogens is 1. The molecule has 1 aromatic carbocycles. The fraction of sp³-hybridized carbons (Fsp3) is 0.611. The molecule has 136 valence electrons. The number of unbranched alkanes of at least 4 members (excludes halogenated alkanes) is 1. The summed E-state index contributed by atoms with van der Waals surface area (Å²) in [5.41, 5.74) is 0.928. The van der Waals surface area contributed by atoms with Gasteiger partial charge in [0.05, 0.1) is 20.6 Å². The van der Waals surface area contributed by atoms with Gasteiger partial charge < -0.3 is 19.7 Å². The summed E-state index contributed by atoms with van der Waals surface area (Å²) in [5, 5.41) is 2.99. The SMILES string of the molecule is COc1ccc(CC(=O)NCCCCN2CCCC2)cc1OC.Cl. The third kappa shape index (κ3) is 6.57. The van der Waals surface area contributed by atoms with Gasteiger partial charge in [0.1, 0.15) is 0 Å². The van der Waals surface area contributed by atoms with Gasteiger partial charge in [-0.25, -0.2) is 0 Å². The van der Waals surface area contributed by atoms with Crippen LogP contribution in [0.3, 0.4) is 0 Å². The molecule has 0 spiro atoms. The largest absolute Gasteiger partial charge is 0.493 e. The van der Waals surface area contributed by atoms with Crippen LogP contribution in [0.2, 0.25) is 0 Å². The summed E-state index contributed by atoms with van der Waals surface area (Å²) in [7, 11) is 3.20. The van der Waals surface area contributed by atoms with Crippen LogP contribution in [0.15, 0.2) is 18.2 Å². The normalized spacial score (nSPS) is 14.1. The van der Waals surface area contributed by atoms with E-state index in [1.807, 2.05) is 18.2 Å². The Morgan fingerprint density at radius 3 is 2.50 bits per heavy atom. The fourth-order valence-electron chi connectivity index (χ4n) is 2.93. The van der Waals surface area contributed by atoms with Gasteiger partial charge in [0.2, 0.25) is 5.91 Å². The van der Waals surface area contributed by atoms with E-state index in [9.17, 15) is 4.79 Å². The Morgan fingerprint density at radius 1 is 1.12 bits per heavy atom. The van der Waals surface area contributed by atoms with Crippen LogP contribution >= 0.6 is 12.4 Å². The molecule has 1 heterocycles. The minimum absolute atomic E-state index is 0. The minimum Gasteiger partial charge on any atom is -0.493 e. The number of likely N-dealkylation sites (tertiary alicyclic amines) is 1. The van der Waals surface area contributed by atoms with Crippen LogP contribution in [-0.2, 0) is 11.2 Å². The molecule has 0 bridgehead atoms. The number of hydrogen-bond acceptors (Lipinski definition) is 4. The van der Waals surface area contributed by atoms with Crippen LogP contribution in [0.5, 0.6) is 11.5 Å². The average Bonchev–Trinajstić information content (AvgIpc) is 3.07. The van der Waals surface area contributed by atoms with Gasteiger partial charge in [0.15, 0.2) is 11.5 Å². The number of nitrogens with zero attached hydrogens (tertiary/aromatic N) is 1. The number of benzene rings is 1. The zero-order chi connectivity index (χ0) is 16.5. The molecular weight excluding hydrogens is 328 g/mol. The van der Waals surface area contributed by atoms with Crippen molar-refractivity contribution in [2.75, 3.05) is 40.4 Å². The Bertz CT molecular complexity index is 505. The molecule has 24 heavy (non-hydrogen) atoms. The van der Waals surface area contributed by atoms with Crippen molar-refractivity contribution in [1.82, 2.24) is 10.2 Å². The van der Waals surface area contributed by atoms with Gasteiger partial charge in [-0.15, -0.1) is 12.4 Å². The summed E-state index contributed by atoms with van der Waals surface area (Å²) in [4.78, 5) is 14.5. The van der Waals surface area contributed by atoms with Crippen LogP contribution in [0.25, 0.3) is 0 Å². The molecule has 5 nitrogen and oxygen atoms in total. The van der Waals surface area contributed by atoms with Gasteiger partial charge in [0, 0.05) is 6.54 Å². The highest BCUT2D eigenvalue weighted by atomic mass is 35.5. The van der Waals surface area contributed by atoms with E-state index >= 15 is 0 Å². The van der Waals surface area contributed by atoms with Gasteiger partial charge in [-0.1, -0.05) is 6.07 Å². The lowest BCUT2D eigenvalue weighted by Gasteiger charge is -2.14. The van der Waals surface area contributed by atoms with E-state index in [1.54, 1.807) is 14.2 Å². The molecular formula is C18H29ClN2O3. The number of ether oxygens (including phenoxy) is 2. The zero-order valence-electron chi connectivity index (χ0n) is 14.7. The molecule has 0 aromatic heterocycles. The third-order valence-corrected chi connectivity index (χ3v) is 4.23. The maximum atomic E-state index is 12.0. The van der Waals surface area contributed by atoms with Crippen LogP contribution in [0.4, 0.5) is 0 Å². The second-order valence-electron chi connectivity index (χ2n) is 5.97. The van der Waals surface area contributed by atoms with Crippen molar-refractivity contribution >= 4 is 18.3 Å². The molecule has 1 aromatic rings. The smallest absolute Gasteiger partial charge is 0.224 e. The summed E-state index contributed by atoms with van der Waals surface area (Å²) in [6.45, 7) is 4.39. The molecule has 1 aliphatic rings. The molecule has 1 saturated heterocycles. The maximum absolute atomic E-state index is 12.0. The van der Waals surface area contributed by atoms with Crippen molar-refractivity contribution in [3.63, 3.8) is 0 Å². The lowest BCUT2D eigenvalue weighted by molar-refractivity contribution is -0.120. The Morgan fingerprint density at radius 2 is 1.83 bits per heavy atom. The summed E-state index contributed by atoms with van der Waals surface area (Å²) in [6.07, 6.45) is 5.22. The molecule has 0 atom stereocenters. The molecule has 0 radical (unpaired) electrons. The minimum atomic E-state index is 0. The van der Waals surface area contributed by atoms with Crippen LogP contribution < -0.4 is 14.8 Å². The quantitative estimate of drug-likeness (QED) is 0.691. The van der Waals surface area contributed by atoms with Gasteiger partial charge >= 0.3 is 0 Å². The van der Waals surface area contributed by atoms with Crippen molar-refractivity contribution in [3.05, 3.63) is 23.8 Å². The number of rotatable bonds is 9. The third-order valence-electron chi connectivity index (χ3n) is 4.23. The summed E-state index contributed by atoms with van der Waals surface area (Å²) >= 11 is 0. The van der Waals surface area contributed by atoms with Crippen molar-refractivity contribution in [1.29, 1.82) is 0 Å². The first kappa shape index (κ1) is 20.6. The molecule has 0 saturated carbocycles. The Kier molecular flexibility index (Phi) is 9.57. The monoisotopic (exact) mass is 356 g/mol. The van der Waals surface area contributed by atoms with Crippen LogP contribution in [0, 0.1) is 0 Å². The first-order valence-corrected chi connectivity index (χ1v) is 8.43. The van der Waals surface area contributed by atoms with E-state index < -0.39 is 0 Å². The summed E-state index contributed by atoms with van der Waals surface area (Å²) < 4.78 is 10.5. The highest BCUT2D eigenvalue weighted by molar-refractivity contribution is 5.85. The summed E-state index contributed by atoms with van der Waals surface area (Å²) in [5.74, 6) is 1.39. The van der Waals surface area contributed by atoms with E-state index in [0.29, 0.717) is 17.9 Å². The number of amides is 1. The van der Waals surface area contributed by atoms with Crippen molar-refractivity contribution in [2.24, 2.45) is 0 Å². The average molecular weight is 357 g/mol. The van der Waals surface area contributed by atoms with Crippen molar-refractivity contribution in [2.45, 2.75) is 32.1 Å². The number of nitrogens with one attached hydrogen (secondary N) is 1. The Hall–Kier alpha value is -1.46. The van der Waals surface area contributed by atoms with Gasteiger partial charge in [-0.3, -0.25) is 4.79 Å². The highest BCUT2D eigenvalue weighted by Gasteiger charge is 2.11. The number of carbonyl (C=O) groups excluding carboxylic acids is 1. The highest BCUT2D eigenvalue weighted by Crippen LogP contribution is 2.27. The number of carbonyl (C=O) groups is 1. The lowest BCUT2D eigenvalue weighted by Crippen LogP contribution is -2.27. The maximum Gasteiger partial charge on any atom is 0.224 e. The Labute approximate surface area is 151 Å². The second-order valence-corrected chi connectivity index (χ2v) is 5.97. The van der Waals surface area contributed by atoms with E-state index in [-0.39, 0.29) is 18.3 Å². The molecule has 0 unspecified atom stereocenters. The van der Waals surface area contributed by atoms with Crippen molar-refractivity contribution < 1.29 is 14.3 Å². The first-order valence-electron chi connectivity index (χ1n) is 8.43. The van der Waals surface area contributed by atoms with E-state index in [0.717, 1.165) is 31.5 Å². The first-order chi connectivity index (χ1) is 11.2. The molecule has 6 heteroatoms. The molecule has 1 aliphatic heterocycles. The van der Waals surface area contributed by atoms with Crippen molar-refractivity contribution in [3.8, 4) is 11.5 Å². The topological polar surface area (TPSA) is 50.8 Å². The number of hydrogen-bond donors (Lipinski definition) is 1. The van der Waals surface area contributed by atoms with E-state index in [4.69, 9.17) is 9.47 Å². The van der Waals surface area contributed by atoms with E-state index in [2.05, 4.69) is 10.2 Å². The molecule has 1 fully saturated rings. The molecule has 1 amide bonds. The second kappa shape index (κ2) is 11.2. The van der Waals surface area contributed by atoms with Gasteiger partial charge in [-0.05, 0) is 63.0 Å². The lowest BCUT2D eigenvalue weighted by atomic mass is 10.1. The molecule has 1 N–H and O–H groups in total. The van der Waals surface area contributed by atoms with Crippen LogP contribution in [0.1, 0.15) is 31.2 Å². The predicted molar refractivity (Wildman–Crippen MR) is 98.4 cm³/mol. The standard InChI is InChI=1S/C18H28N2O3.ClH/c1-22-16-8-7-15(13-17(16)23-2)14-18(21)19-9-3-4-10-20-11-5-6-12-20;/h7-8,13H,3-6,9-12,14H2,1-2H3,(H,19,21);1H. The fourth-order valence-corrected chi connectivity index (χ4v) is 2.93. The molecule has 2 rings (SSSR count). The number of methoxy groups -OCH3 is 2. The predicted octanol–water partition coefficient (Wildman–Crippen LogP) is 2.66. The zero-order valence-corrected chi connectivity index (χ0v) is 15.5. The molecule has 0 aliphatic carbocycles.